The number of hydrogen-bond acceptors (Lipinski definition) is 4. The first kappa shape index (κ1) is 15.3. The highest BCUT2D eigenvalue weighted by Gasteiger charge is 2.58. The van der Waals surface area contributed by atoms with Crippen LogP contribution < -0.4 is 5.32 Å². The minimum Gasteiger partial charge on any atom is -0.379 e. The fraction of sp³-hybridized carbons (Fsp3) is 0.938. The van der Waals surface area contributed by atoms with Gasteiger partial charge < -0.3 is 9.64 Å². The number of morpholine rings is 1. The predicted molar refractivity (Wildman–Crippen MR) is 81.9 cm³/mol. The van der Waals surface area contributed by atoms with E-state index in [-0.39, 0.29) is 11.7 Å². The van der Waals surface area contributed by atoms with E-state index in [9.17, 15) is 4.79 Å². The molecule has 1 unspecified atom stereocenters. The topological polar surface area (TPSA) is 44.8 Å². The maximum atomic E-state index is 12.6. The lowest BCUT2D eigenvalue weighted by atomic mass is 10.1. The average Bonchev–Trinajstić information content (AvgIpc) is 3.19. The smallest absolute Gasteiger partial charge is 0.244 e. The van der Waals surface area contributed by atoms with Gasteiger partial charge in [0, 0.05) is 26.2 Å². The predicted octanol–water partition coefficient (Wildman–Crippen LogP) is 1.05. The van der Waals surface area contributed by atoms with Gasteiger partial charge in [-0.3, -0.25) is 15.0 Å². The van der Waals surface area contributed by atoms with Crippen molar-refractivity contribution < 1.29 is 9.53 Å². The summed E-state index contributed by atoms with van der Waals surface area (Å²) in [6.45, 7) is 10.2. The molecular weight excluding hydrogens is 266 g/mol. The molecule has 1 spiro atoms. The number of nitrogens with one attached hydrogen (secondary N) is 1. The van der Waals surface area contributed by atoms with Crippen LogP contribution in [0.5, 0.6) is 0 Å². The fourth-order valence-corrected chi connectivity index (χ4v) is 3.54. The number of ether oxygens (including phenoxy) is 1. The molecule has 1 N–H and O–H groups in total. The van der Waals surface area contributed by atoms with Crippen LogP contribution in [-0.2, 0) is 9.53 Å². The van der Waals surface area contributed by atoms with Gasteiger partial charge in [0.1, 0.15) is 0 Å². The monoisotopic (exact) mass is 295 g/mol. The Morgan fingerprint density at radius 3 is 2.62 bits per heavy atom. The molecule has 2 aliphatic heterocycles. The van der Waals surface area contributed by atoms with Gasteiger partial charge in [0.05, 0.1) is 24.9 Å². The van der Waals surface area contributed by atoms with Crippen molar-refractivity contribution in [3.05, 3.63) is 0 Å². The van der Waals surface area contributed by atoms with Crippen LogP contribution in [0.3, 0.4) is 0 Å². The lowest BCUT2D eigenvalue weighted by Gasteiger charge is -2.29. The summed E-state index contributed by atoms with van der Waals surface area (Å²) in [7, 11) is 0. The van der Waals surface area contributed by atoms with Gasteiger partial charge in [-0.15, -0.1) is 0 Å². The van der Waals surface area contributed by atoms with E-state index < -0.39 is 0 Å². The highest BCUT2D eigenvalue weighted by Crippen LogP contribution is 2.43. The summed E-state index contributed by atoms with van der Waals surface area (Å²) < 4.78 is 5.38. The minimum absolute atomic E-state index is 0.168. The van der Waals surface area contributed by atoms with Crippen molar-refractivity contribution in [1.29, 1.82) is 0 Å². The Labute approximate surface area is 128 Å². The maximum Gasteiger partial charge on any atom is 0.244 e. The van der Waals surface area contributed by atoms with Crippen LogP contribution in [0, 0.1) is 5.92 Å². The first-order valence-corrected chi connectivity index (χ1v) is 8.50. The Hall–Kier alpha value is -0.650. The normalized spacial score (nSPS) is 28.8. The molecule has 0 bridgehead atoms. The summed E-state index contributed by atoms with van der Waals surface area (Å²) in [5.74, 6) is 0.973. The summed E-state index contributed by atoms with van der Waals surface area (Å²) in [4.78, 5) is 17.2. The Balaban J connectivity index is 1.50. The largest absolute Gasteiger partial charge is 0.379 e. The second kappa shape index (κ2) is 6.23. The highest BCUT2D eigenvalue weighted by molar-refractivity contribution is 5.91. The third-order valence-corrected chi connectivity index (χ3v) is 4.91. The third-order valence-electron chi connectivity index (χ3n) is 4.91. The molecule has 2 heterocycles. The van der Waals surface area contributed by atoms with Crippen LogP contribution in [0.1, 0.15) is 39.5 Å². The number of hydrogen-bond donors (Lipinski definition) is 1. The quantitative estimate of drug-likeness (QED) is 0.795. The summed E-state index contributed by atoms with van der Waals surface area (Å²) in [5, 5.41) is 3.60. The lowest BCUT2D eigenvalue weighted by molar-refractivity contribution is -0.131. The van der Waals surface area contributed by atoms with Crippen molar-refractivity contribution in [2.24, 2.45) is 5.92 Å². The Morgan fingerprint density at radius 1 is 1.29 bits per heavy atom. The van der Waals surface area contributed by atoms with Gasteiger partial charge in [-0.2, -0.15) is 0 Å². The molecule has 1 atom stereocenters. The standard InChI is InChI=1S/C16H29N3O2/c1-13(2)12-14-17-16(4-5-16)15(20)19(14)7-3-6-18-8-10-21-11-9-18/h13-14,17H,3-12H2,1-2H3. The first-order valence-electron chi connectivity index (χ1n) is 8.50. The molecule has 0 aromatic heterocycles. The number of carbonyl (C=O) groups is 1. The van der Waals surface area contributed by atoms with E-state index in [0.29, 0.717) is 11.8 Å². The Kier molecular flexibility index (Phi) is 4.52. The van der Waals surface area contributed by atoms with E-state index in [2.05, 4.69) is 29.0 Å². The van der Waals surface area contributed by atoms with Crippen molar-refractivity contribution in [2.45, 2.75) is 51.2 Å². The molecule has 1 amide bonds. The van der Waals surface area contributed by atoms with Crippen molar-refractivity contribution in [3.8, 4) is 0 Å². The van der Waals surface area contributed by atoms with E-state index in [0.717, 1.165) is 65.1 Å². The highest BCUT2D eigenvalue weighted by atomic mass is 16.5. The van der Waals surface area contributed by atoms with E-state index in [1.54, 1.807) is 0 Å². The van der Waals surface area contributed by atoms with Crippen molar-refractivity contribution in [2.75, 3.05) is 39.4 Å². The number of amides is 1. The fourth-order valence-electron chi connectivity index (χ4n) is 3.54. The minimum atomic E-state index is -0.168. The van der Waals surface area contributed by atoms with Gasteiger partial charge in [-0.05, 0) is 31.6 Å². The van der Waals surface area contributed by atoms with Crippen LogP contribution in [0.2, 0.25) is 0 Å². The first-order chi connectivity index (χ1) is 10.1. The molecule has 120 valence electrons. The van der Waals surface area contributed by atoms with E-state index in [1.165, 1.54) is 0 Å². The Bertz CT molecular complexity index is 376. The summed E-state index contributed by atoms with van der Waals surface area (Å²) in [6.07, 6.45) is 4.44. The van der Waals surface area contributed by atoms with Gasteiger partial charge in [-0.25, -0.2) is 0 Å². The number of rotatable bonds is 6. The SMILES string of the molecule is CC(C)CC1NC2(CC2)C(=O)N1CCCN1CCOCC1. The average molecular weight is 295 g/mol. The summed E-state index contributed by atoms with van der Waals surface area (Å²) >= 11 is 0. The molecule has 0 radical (unpaired) electrons. The second-order valence-corrected chi connectivity index (χ2v) is 7.18. The van der Waals surface area contributed by atoms with E-state index in [1.807, 2.05) is 0 Å². The number of nitrogens with zero attached hydrogens (tertiary/aromatic N) is 2. The molecule has 21 heavy (non-hydrogen) atoms. The van der Waals surface area contributed by atoms with Crippen molar-refractivity contribution in [3.63, 3.8) is 0 Å². The molecule has 5 heteroatoms. The van der Waals surface area contributed by atoms with E-state index >= 15 is 0 Å². The summed E-state index contributed by atoms with van der Waals surface area (Å²) in [5.41, 5.74) is -0.168. The zero-order valence-electron chi connectivity index (χ0n) is 13.4. The molecule has 3 aliphatic rings. The molecule has 1 aliphatic carbocycles. The van der Waals surface area contributed by atoms with Gasteiger partial charge in [-0.1, -0.05) is 13.8 Å². The maximum absolute atomic E-state index is 12.6. The Morgan fingerprint density at radius 2 is 2.00 bits per heavy atom. The van der Waals surface area contributed by atoms with Gasteiger partial charge in [0.2, 0.25) is 5.91 Å². The zero-order valence-corrected chi connectivity index (χ0v) is 13.4. The zero-order chi connectivity index (χ0) is 14.9. The molecule has 5 nitrogen and oxygen atoms in total. The van der Waals surface area contributed by atoms with Crippen LogP contribution in [-0.4, -0.2) is 66.8 Å². The van der Waals surface area contributed by atoms with Crippen LogP contribution in [0.4, 0.5) is 0 Å². The lowest BCUT2D eigenvalue weighted by Crippen LogP contribution is -2.41. The molecule has 2 saturated heterocycles. The van der Waals surface area contributed by atoms with Gasteiger partial charge in [0.15, 0.2) is 0 Å². The molecule has 1 saturated carbocycles. The number of carbonyl (C=O) groups excluding carboxylic acids is 1. The molecule has 3 fully saturated rings. The van der Waals surface area contributed by atoms with Crippen LogP contribution in [0.15, 0.2) is 0 Å². The molecule has 0 aromatic carbocycles. The second-order valence-electron chi connectivity index (χ2n) is 7.18. The van der Waals surface area contributed by atoms with Gasteiger partial charge in [0.25, 0.3) is 0 Å². The molecule has 3 rings (SSSR count). The molecular formula is C16H29N3O2. The van der Waals surface area contributed by atoms with Crippen LogP contribution >= 0.6 is 0 Å². The summed E-state index contributed by atoms with van der Waals surface area (Å²) in [6, 6.07) is 0. The molecule has 0 aromatic rings. The van der Waals surface area contributed by atoms with Crippen LogP contribution in [0.25, 0.3) is 0 Å². The van der Waals surface area contributed by atoms with Crippen molar-refractivity contribution in [1.82, 2.24) is 15.1 Å². The van der Waals surface area contributed by atoms with E-state index in [4.69, 9.17) is 4.74 Å². The van der Waals surface area contributed by atoms with Gasteiger partial charge >= 0.3 is 0 Å². The van der Waals surface area contributed by atoms with Crippen molar-refractivity contribution >= 4 is 5.91 Å². The third kappa shape index (κ3) is 3.41.